The maximum absolute atomic E-state index is 11.0. The van der Waals surface area contributed by atoms with Crippen LogP contribution in [-0.2, 0) is 16.6 Å². The van der Waals surface area contributed by atoms with Gasteiger partial charge in [-0.3, -0.25) is 0 Å². The van der Waals surface area contributed by atoms with Crippen LogP contribution in [0.1, 0.15) is 5.69 Å². The highest BCUT2D eigenvalue weighted by Crippen LogP contribution is 2.13. The average Bonchev–Trinajstić information content (AvgIpc) is 2.78. The van der Waals surface area contributed by atoms with Crippen molar-refractivity contribution in [3.05, 3.63) is 42.5 Å². The number of rotatable bonds is 4. The first-order chi connectivity index (χ1) is 8.05. The van der Waals surface area contributed by atoms with Crippen LogP contribution in [0.15, 0.2) is 41.7 Å². The van der Waals surface area contributed by atoms with Gasteiger partial charge in [-0.05, 0) is 24.3 Å². The predicted octanol–water partition coefficient (Wildman–Crippen LogP) is 0.669. The zero-order chi connectivity index (χ0) is 12.3. The number of nitrogens with two attached hydrogens (primary N) is 1. The third-order valence-corrected chi connectivity index (χ3v) is 3.15. The van der Waals surface area contributed by atoms with Gasteiger partial charge in [0.15, 0.2) is 0 Å². The first kappa shape index (κ1) is 11.6. The van der Waals surface area contributed by atoms with Gasteiger partial charge >= 0.3 is 0 Å². The molecule has 0 saturated heterocycles. The van der Waals surface area contributed by atoms with Crippen molar-refractivity contribution in [2.24, 2.45) is 5.14 Å². The molecule has 0 saturated carbocycles. The number of imidazole rings is 1. The molecular formula is C10H12N4O2S. The van der Waals surface area contributed by atoms with Crippen LogP contribution in [0.2, 0.25) is 0 Å². The van der Waals surface area contributed by atoms with Gasteiger partial charge in [-0.1, -0.05) is 0 Å². The zero-order valence-corrected chi connectivity index (χ0v) is 9.74. The van der Waals surface area contributed by atoms with Crippen LogP contribution in [0, 0.1) is 0 Å². The van der Waals surface area contributed by atoms with Crippen molar-refractivity contribution in [2.45, 2.75) is 11.4 Å². The topological polar surface area (TPSA) is 101 Å². The van der Waals surface area contributed by atoms with E-state index in [2.05, 4.69) is 15.3 Å². The molecule has 0 radical (unpaired) electrons. The summed E-state index contributed by atoms with van der Waals surface area (Å²) in [7, 11) is -3.62. The molecule has 0 aliphatic rings. The Morgan fingerprint density at radius 1 is 1.29 bits per heavy atom. The molecule has 0 amide bonds. The predicted molar refractivity (Wildman–Crippen MR) is 63.7 cm³/mol. The van der Waals surface area contributed by atoms with E-state index in [1.807, 2.05) is 0 Å². The van der Waals surface area contributed by atoms with Crippen LogP contribution in [0.4, 0.5) is 5.69 Å². The molecule has 0 spiro atoms. The van der Waals surface area contributed by atoms with Crippen LogP contribution in [0.3, 0.4) is 0 Å². The SMILES string of the molecule is NS(=O)(=O)c1ccc(NCc2cnc[nH]2)cc1. The molecule has 90 valence electrons. The van der Waals surface area contributed by atoms with Crippen LogP contribution in [-0.4, -0.2) is 18.4 Å². The fraction of sp³-hybridized carbons (Fsp3) is 0.100. The molecule has 0 aliphatic carbocycles. The number of H-pyrrole nitrogens is 1. The van der Waals surface area contributed by atoms with E-state index in [1.165, 1.54) is 12.1 Å². The van der Waals surface area contributed by atoms with Gasteiger partial charge in [0.05, 0.1) is 23.5 Å². The second kappa shape index (κ2) is 4.56. The number of nitrogens with zero attached hydrogens (tertiary/aromatic N) is 1. The minimum Gasteiger partial charge on any atom is -0.379 e. The Morgan fingerprint density at radius 3 is 2.53 bits per heavy atom. The molecule has 0 aliphatic heterocycles. The third-order valence-electron chi connectivity index (χ3n) is 2.22. The molecule has 0 fully saturated rings. The number of benzene rings is 1. The summed E-state index contributed by atoms with van der Waals surface area (Å²) in [5.74, 6) is 0. The molecule has 0 atom stereocenters. The number of aromatic nitrogens is 2. The van der Waals surface area contributed by atoms with Gasteiger partial charge in [0.2, 0.25) is 10.0 Å². The summed E-state index contributed by atoms with van der Waals surface area (Å²) >= 11 is 0. The van der Waals surface area contributed by atoms with E-state index >= 15 is 0 Å². The van der Waals surface area contributed by atoms with Gasteiger partial charge in [0, 0.05) is 11.9 Å². The van der Waals surface area contributed by atoms with Crippen molar-refractivity contribution in [2.75, 3.05) is 5.32 Å². The molecule has 0 bridgehead atoms. The minimum atomic E-state index is -3.62. The normalized spacial score (nSPS) is 11.4. The van der Waals surface area contributed by atoms with E-state index in [0.29, 0.717) is 6.54 Å². The van der Waals surface area contributed by atoms with Crippen molar-refractivity contribution >= 4 is 15.7 Å². The smallest absolute Gasteiger partial charge is 0.238 e. The lowest BCUT2D eigenvalue weighted by Crippen LogP contribution is -2.12. The lowest BCUT2D eigenvalue weighted by Gasteiger charge is -2.05. The highest BCUT2D eigenvalue weighted by molar-refractivity contribution is 7.89. The summed E-state index contributed by atoms with van der Waals surface area (Å²) in [5, 5.41) is 8.12. The molecule has 7 heteroatoms. The van der Waals surface area contributed by atoms with Crippen LogP contribution < -0.4 is 10.5 Å². The molecule has 2 rings (SSSR count). The zero-order valence-electron chi connectivity index (χ0n) is 8.92. The molecule has 6 nitrogen and oxygen atoms in total. The van der Waals surface area contributed by atoms with E-state index in [4.69, 9.17) is 5.14 Å². The largest absolute Gasteiger partial charge is 0.379 e. The van der Waals surface area contributed by atoms with Gasteiger partial charge in [0.25, 0.3) is 0 Å². The highest BCUT2D eigenvalue weighted by Gasteiger charge is 2.06. The number of aromatic amines is 1. The summed E-state index contributed by atoms with van der Waals surface area (Å²) in [4.78, 5) is 6.94. The number of anilines is 1. The summed E-state index contributed by atoms with van der Waals surface area (Å²) < 4.78 is 22.1. The van der Waals surface area contributed by atoms with Crippen LogP contribution in [0.5, 0.6) is 0 Å². The first-order valence-electron chi connectivity index (χ1n) is 4.90. The Morgan fingerprint density at radius 2 is 2.00 bits per heavy atom. The van der Waals surface area contributed by atoms with Gasteiger partial charge < -0.3 is 10.3 Å². The monoisotopic (exact) mass is 252 g/mol. The molecular weight excluding hydrogens is 240 g/mol. The summed E-state index contributed by atoms with van der Waals surface area (Å²) in [6, 6.07) is 6.25. The van der Waals surface area contributed by atoms with Crippen LogP contribution >= 0.6 is 0 Å². The van der Waals surface area contributed by atoms with Crippen molar-refractivity contribution in [3.63, 3.8) is 0 Å². The van der Waals surface area contributed by atoms with Gasteiger partial charge in [-0.25, -0.2) is 18.5 Å². The average molecular weight is 252 g/mol. The lowest BCUT2D eigenvalue weighted by molar-refractivity contribution is 0.598. The Kier molecular flexibility index (Phi) is 3.12. The van der Waals surface area contributed by atoms with Crippen molar-refractivity contribution in [1.82, 2.24) is 9.97 Å². The second-order valence-corrected chi connectivity index (χ2v) is 5.06. The van der Waals surface area contributed by atoms with Gasteiger partial charge in [-0.2, -0.15) is 0 Å². The standard InChI is InChI=1S/C10H12N4O2S/c11-17(15,16)10-3-1-8(2-4-10)13-6-9-5-12-7-14-9/h1-5,7,13H,6H2,(H,12,14)(H2,11,15,16). The Bertz CT molecular complexity index is 575. The second-order valence-electron chi connectivity index (χ2n) is 3.50. The first-order valence-corrected chi connectivity index (χ1v) is 6.44. The Hall–Kier alpha value is -1.86. The number of hydrogen-bond acceptors (Lipinski definition) is 4. The van der Waals surface area contributed by atoms with E-state index in [0.717, 1.165) is 11.4 Å². The minimum absolute atomic E-state index is 0.101. The van der Waals surface area contributed by atoms with E-state index < -0.39 is 10.0 Å². The van der Waals surface area contributed by atoms with Gasteiger partial charge in [0.1, 0.15) is 0 Å². The molecule has 17 heavy (non-hydrogen) atoms. The molecule has 1 aromatic heterocycles. The van der Waals surface area contributed by atoms with E-state index in [-0.39, 0.29) is 4.90 Å². The van der Waals surface area contributed by atoms with E-state index in [1.54, 1.807) is 24.7 Å². The number of hydrogen-bond donors (Lipinski definition) is 3. The summed E-state index contributed by atoms with van der Waals surface area (Å²) in [6.45, 7) is 0.592. The highest BCUT2D eigenvalue weighted by atomic mass is 32.2. The third kappa shape index (κ3) is 3.05. The number of sulfonamides is 1. The van der Waals surface area contributed by atoms with E-state index in [9.17, 15) is 8.42 Å². The summed E-state index contributed by atoms with van der Waals surface area (Å²) in [5.41, 5.74) is 1.76. The summed E-state index contributed by atoms with van der Waals surface area (Å²) in [6.07, 6.45) is 3.31. The van der Waals surface area contributed by atoms with Crippen LogP contribution in [0.25, 0.3) is 0 Å². The molecule has 1 heterocycles. The van der Waals surface area contributed by atoms with Crippen molar-refractivity contribution < 1.29 is 8.42 Å². The quantitative estimate of drug-likeness (QED) is 0.744. The fourth-order valence-electron chi connectivity index (χ4n) is 1.34. The number of nitrogens with one attached hydrogen (secondary N) is 2. The molecule has 0 unspecified atom stereocenters. The molecule has 4 N–H and O–H groups in total. The lowest BCUT2D eigenvalue weighted by atomic mass is 10.3. The maximum Gasteiger partial charge on any atom is 0.238 e. The fourth-order valence-corrected chi connectivity index (χ4v) is 1.86. The molecule has 2 aromatic rings. The number of primary sulfonamides is 1. The van der Waals surface area contributed by atoms with Crippen molar-refractivity contribution in [3.8, 4) is 0 Å². The Balaban J connectivity index is 2.04. The molecule has 1 aromatic carbocycles. The maximum atomic E-state index is 11.0. The Labute approximate surface area is 98.9 Å². The van der Waals surface area contributed by atoms with Crippen molar-refractivity contribution in [1.29, 1.82) is 0 Å². The van der Waals surface area contributed by atoms with Gasteiger partial charge in [-0.15, -0.1) is 0 Å².